The summed E-state index contributed by atoms with van der Waals surface area (Å²) in [5.41, 5.74) is 0.185. The van der Waals surface area contributed by atoms with Crippen molar-refractivity contribution in [2.75, 3.05) is 11.9 Å². The molecule has 2 aromatic carbocycles. The average molecular weight is 472 g/mol. The second-order valence-electron chi connectivity index (χ2n) is 9.25. The fourth-order valence-corrected chi connectivity index (χ4v) is 6.42. The number of rotatable bonds is 4. The molecule has 0 radical (unpaired) electrons. The molecule has 4 atom stereocenters. The Morgan fingerprint density at radius 2 is 2.03 bits per heavy atom. The number of anilines is 1. The molecule has 6 rings (SSSR count). The lowest BCUT2D eigenvalue weighted by atomic mass is 9.69. The molecule has 1 amide bonds. The number of nitro benzene ring substituents is 1. The third-order valence-corrected chi connectivity index (χ3v) is 7.63. The number of fused-ring (bicyclic) bond motifs is 4. The molecule has 0 unspecified atom stereocenters. The molecular weight excluding hydrogens is 451 g/mol. The van der Waals surface area contributed by atoms with Crippen LogP contribution in [0.4, 0.5) is 15.8 Å². The Bertz CT molecular complexity index is 1380. The van der Waals surface area contributed by atoms with E-state index in [-0.39, 0.29) is 29.1 Å². The minimum absolute atomic E-state index is 0.0839. The van der Waals surface area contributed by atoms with E-state index in [0.29, 0.717) is 29.8 Å². The van der Waals surface area contributed by atoms with Crippen LogP contribution < -0.4 is 5.32 Å². The largest absolute Gasteiger partial charge is 0.324 e. The molecule has 2 fully saturated rings. The molecule has 4 heterocycles. The van der Waals surface area contributed by atoms with Crippen molar-refractivity contribution in [3.63, 3.8) is 0 Å². The zero-order chi connectivity index (χ0) is 24.3. The van der Waals surface area contributed by atoms with Gasteiger partial charge in [-0.15, -0.1) is 0 Å². The van der Waals surface area contributed by atoms with Crippen LogP contribution in [0.3, 0.4) is 0 Å². The molecule has 3 aliphatic heterocycles. The first-order valence-corrected chi connectivity index (χ1v) is 11.5. The summed E-state index contributed by atoms with van der Waals surface area (Å²) in [6, 6.07) is 15.2. The lowest BCUT2D eigenvalue weighted by molar-refractivity contribution is -0.384. The van der Waals surface area contributed by atoms with Crippen molar-refractivity contribution in [3.8, 4) is 0 Å². The van der Waals surface area contributed by atoms with Gasteiger partial charge in [0.1, 0.15) is 17.1 Å². The SMILES string of the molecule is O=C(c1ccccn1)[C@@H]1[C@@H](c2cccc([N+](=O)[O-])c2)[C@@H]2CCCN2[C@@]12C(=O)Nc1ccc(F)cc12. The van der Waals surface area contributed by atoms with Crippen molar-refractivity contribution in [2.24, 2.45) is 5.92 Å². The van der Waals surface area contributed by atoms with Gasteiger partial charge in [-0.1, -0.05) is 18.2 Å². The second-order valence-corrected chi connectivity index (χ2v) is 9.25. The second kappa shape index (κ2) is 7.78. The number of hydrogen-bond donors (Lipinski definition) is 1. The van der Waals surface area contributed by atoms with Gasteiger partial charge in [0.05, 0.1) is 10.8 Å². The number of nitrogens with zero attached hydrogens (tertiary/aromatic N) is 3. The monoisotopic (exact) mass is 472 g/mol. The Balaban J connectivity index is 1.63. The Hall–Kier alpha value is -3.98. The summed E-state index contributed by atoms with van der Waals surface area (Å²) in [6.45, 7) is 0.547. The van der Waals surface area contributed by atoms with E-state index in [1.54, 1.807) is 30.3 Å². The van der Waals surface area contributed by atoms with Gasteiger partial charge >= 0.3 is 0 Å². The normalized spacial score (nSPS) is 27.0. The van der Waals surface area contributed by atoms with Gasteiger partial charge in [0, 0.05) is 41.5 Å². The van der Waals surface area contributed by atoms with Crippen molar-refractivity contribution < 1.29 is 18.9 Å². The van der Waals surface area contributed by atoms with Gasteiger partial charge in [-0.05, 0) is 55.3 Å². The van der Waals surface area contributed by atoms with E-state index >= 15 is 0 Å². The Labute approximate surface area is 199 Å². The van der Waals surface area contributed by atoms with E-state index in [9.17, 15) is 24.1 Å². The number of aromatic nitrogens is 1. The molecule has 8 nitrogen and oxygen atoms in total. The summed E-state index contributed by atoms with van der Waals surface area (Å²) in [7, 11) is 0. The predicted molar refractivity (Wildman–Crippen MR) is 124 cm³/mol. The van der Waals surface area contributed by atoms with E-state index in [2.05, 4.69) is 10.3 Å². The maximum Gasteiger partial charge on any atom is 0.269 e. The van der Waals surface area contributed by atoms with Gasteiger partial charge < -0.3 is 5.32 Å². The van der Waals surface area contributed by atoms with Crippen LogP contribution in [0.15, 0.2) is 66.9 Å². The van der Waals surface area contributed by atoms with Crippen LogP contribution in [0.5, 0.6) is 0 Å². The molecule has 1 N–H and O–H groups in total. The molecule has 1 aromatic heterocycles. The summed E-state index contributed by atoms with van der Waals surface area (Å²) in [4.78, 5) is 45.4. The highest BCUT2D eigenvalue weighted by Gasteiger charge is 2.69. The Kier molecular flexibility index (Phi) is 4.79. The molecule has 176 valence electrons. The molecule has 0 bridgehead atoms. The van der Waals surface area contributed by atoms with Crippen LogP contribution in [-0.2, 0) is 10.3 Å². The van der Waals surface area contributed by atoms with E-state index in [0.717, 1.165) is 6.42 Å². The van der Waals surface area contributed by atoms with Crippen molar-refractivity contribution in [1.29, 1.82) is 0 Å². The first kappa shape index (κ1) is 21.5. The third-order valence-electron chi connectivity index (χ3n) is 7.63. The van der Waals surface area contributed by atoms with Crippen LogP contribution in [0, 0.1) is 21.8 Å². The summed E-state index contributed by atoms with van der Waals surface area (Å²) in [5, 5.41) is 14.4. The standard InChI is InChI=1S/C26H21FN4O4/c27-16-9-10-19-18(14-16)26(25(33)29-19)23(24(32)20-7-1-2-11-28-20)22(21-8-4-12-30(21)26)15-5-3-6-17(13-15)31(34)35/h1-3,5-7,9-11,13-14,21-23H,4,8,12H2,(H,29,33)/t21-,22-,23-,26+/m0/s1. The van der Waals surface area contributed by atoms with Crippen LogP contribution in [0.25, 0.3) is 0 Å². The van der Waals surface area contributed by atoms with Crippen LogP contribution in [0.1, 0.15) is 40.4 Å². The van der Waals surface area contributed by atoms with Crippen molar-refractivity contribution >= 4 is 23.1 Å². The minimum atomic E-state index is -1.44. The summed E-state index contributed by atoms with van der Waals surface area (Å²) in [6.07, 6.45) is 3.01. The number of halogens is 1. The molecule has 9 heteroatoms. The number of carbonyl (C=O) groups excluding carboxylic acids is 2. The topological polar surface area (TPSA) is 105 Å². The lowest BCUT2D eigenvalue weighted by Gasteiger charge is -2.36. The highest BCUT2D eigenvalue weighted by atomic mass is 19.1. The number of pyridine rings is 1. The number of nitrogens with one attached hydrogen (secondary N) is 1. The van der Waals surface area contributed by atoms with Gasteiger partial charge in [-0.2, -0.15) is 0 Å². The van der Waals surface area contributed by atoms with E-state index < -0.39 is 28.1 Å². The number of ketones is 1. The summed E-state index contributed by atoms with van der Waals surface area (Å²) < 4.78 is 14.6. The van der Waals surface area contributed by atoms with Crippen molar-refractivity contribution in [3.05, 3.63) is 99.6 Å². The average Bonchev–Trinajstić information content (AvgIpc) is 3.52. The van der Waals surface area contributed by atoms with Gasteiger partial charge in [-0.25, -0.2) is 4.39 Å². The molecule has 3 aromatic rings. The number of amides is 1. The zero-order valence-electron chi connectivity index (χ0n) is 18.6. The molecule has 2 saturated heterocycles. The van der Waals surface area contributed by atoms with Crippen molar-refractivity contribution in [2.45, 2.75) is 30.3 Å². The minimum Gasteiger partial charge on any atom is -0.324 e. The smallest absolute Gasteiger partial charge is 0.269 e. The van der Waals surface area contributed by atoms with Gasteiger partial charge in [0.15, 0.2) is 5.78 Å². The highest BCUT2D eigenvalue weighted by molar-refractivity contribution is 6.12. The molecule has 0 aliphatic carbocycles. The number of hydrogen-bond acceptors (Lipinski definition) is 6. The summed E-state index contributed by atoms with van der Waals surface area (Å²) in [5.74, 6) is -2.70. The first-order valence-electron chi connectivity index (χ1n) is 11.5. The Morgan fingerprint density at radius 3 is 2.80 bits per heavy atom. The van der Waals surface area contributed by atoms with Gasteiger partial charge in [0.25, 0.3) is 5.69 Å². The molecule has 35 heavy (non-hydrogen) atoms. The fraction of sp³-hybridized carbons (Fsp3) is 0.269. The molecule has 3 aliphatic rings. The van der Waals surface area contributed by atoms with E-state index in [1.807, 2.05) is 4.90 Å². The van der Waals surface area contributed by atoms with Gasteiger partial charge in [0.2, 0.25) is 5.91 Å². The van der Waals surface area contributed by atoms with Crippen LogP contribution in [0.2, 0.25) is 0 Å². The van der Waals surface area contributed by atoms with E-state index in [1.165, 1.54) is 36.5 Å². The lowest BCUT2D eigenvalue weighted by Crippen LogP contribution is -2.53. The third kappa shape index (κ3) is 2.97. The maximum atomic E-state index is 14.6. The Morgan fingerprint density at radius 1 is 1.17 bits per heavy atom. The number of carbonyl (C=O) groups is 2. The van der Waals surface area contributed by atoms with Gasteiger partial charge in [-0.3, -0.25) is 29.6 Å². The number of nitro groups is 1. The number of non-ortho nitro benzene ring substituents is 1. The first-order chi connectivity index (χ1) is 16.9. The van der Waals surface area contributed by atoms with Crippen LogP contribution in [-0.4, -0.2) is 39.1 Å². The molecule has 1 spiro atoms. The molecular formula is C26H21FN4O4. The predicted octanol–water partition coefficient (Wildman–Crippen LogP) is 4.04. The summed E-state index contributed by atoms with van der Waals surface area (Å²) >= 11 is 0. The quantitative estimate of drug-likeness (QED) is 0.349. The zero-order valence-corrected chi connectivity index (χ0v) is 18.6. The van der Waals surface area contributed by atoms with Crippen LogP contribution >= 0.6 is 0 Å². The van der Waals surface area contributed by atoms with Crippen molar-refractivity contribution in [1.82, 2.24) is 9.88 Å². The fourth-order valence-electron chi connectivity index (χ4n) is 6.42. The highest BCUT2D eigenvalue weighted by Crippen LogP contribution is 2.61. The maximum absolute atomic E-state index is 14.6. The number of benzene rings is 2. The molecule has 0 saturated carbocycles. The number of Topliss-reactive ketones (excluding diaryl/α,β-unsaturated/α-hetero) is 1. The van der Waals surface area contributed by atoms with E-state index in [4.69, 9.17) is 0 Å².